The molecule has 0 heterocycles. The lowest BCUT2D eigenvalue weighted by Gasteiger charge is -2.10. The first-order valence-corrected chi connectivity index (χ1v) is 8.14. The number of rotatable bonds is 6. The van der Waals surface area contributed by atoms with E-state index in [4.69, 9.17) is 21.1 Å². The number of hydrogen-bond donors (Lipinski definition) is 1. The van der Waals surface area contributed by atoms with Crippen LogP contribution in [0.4, 0.5) is 5.69 Å². The average Bonchev–Trinajstić information content (AvgIpc) is 2.57. The van der Waals surface area contributed by atoms with E-state index in [2.05, 4.69) is 5.32 Å². The Bertz CT molecular complexity index is 789. The van der Waals surface area contributed by atoms with Crippen molar-refractivity contribution in [2.24, 2.45) is 0 Å². The molecule has 0 atom stereocenters. The largest absolute Gasteiger partial charge is 0.480 e. The lowest BCUT2D eigenvalue weighted by molar-refractivity contribution is -0.149. The summed E-state index contributed by atoms with van der Waals surface area (Å²) in [5, 5.41) is 3.09. The zero-order chi connectivity index (χ0) is 18.4. The smallest absolute Gasteiger partial charge is 0.344 e. The van der Waals surface area contributed by atoms with Gasteiger partial charge >= 0.3 is 5.97 Å². The summed E-state index contributed by atoms with van der Waals surface area (Å²) in [6, 6.07) is 10.8. The van der Waals surface area contributed by atoms with Crippen LogP contribution in [-0.2, 0) is 14.3 Å². The first-order valence-electron chi connectivity index (χ1n) is 7.77. The van der Waals surface area contributed by atoms with Gasteiger partial charge < -0.3 is 14.8 Å². The SMILES string of the molecule is Cc1ccc(Cl)c(OCC(=O)OCC(=O)Nc2ccc(C)c(C)c2)c1. The Morgan fingerprint density at radius 1 is 1.00 bits per heavy atom. The second-order valence-electron chi connectivity index (χ2n) is 5.73. The van der Waals surface area contributed by atoms with Crippen LogP contribution >= 0.6 is 11.6 Å². The van der Waals surface area contributed by atoms with Crippen LogP contribution < -0.4 is 10.1 Å². The normalized spacial score (nSPS) is 10.2. The number of ether oxygens (including phenoxy) is 2. The molecule has 0 saturated carbocycles. The van der Waals surface area contributed by atoms with E-state index < -0.39 is 11.9 Å². The van der Waals surface area contributed by atoms with Gasteiger partial charge in [-0.15, -0.1) is 0 Å². The minimum absolute atomic E-state index is 0.319. The fourth-order valence-electron chi connectivity index (χ4n) is 2.06. The molecular weight excluding hydrogens is 342 g/mol. The topological polar surface area (TPSA) is 64.6 Å². The molecule has 0 radical (unpaired) electrons. The number of amides is 1. The van der Waals surface area contributed by atoms with Crippen molar-refractivity contribution in [1.29, 1.82) is 0 Å². The Morgan fingerprint density at radius 2 is 1.76 bits per heavy atom. The number of benzene rings is 2. The van der Waals surface area contributed by atoms with Crippen LogP contribution in [0.1, 0.15) is 16.7 Å². The Morgan fingerprint density at radius 3 is 2.48 bits per heavy atom. The zero-order valence-electron chi connectivity index (χ0n) is 14.4. The fraction of sp³-hybridized carbons (Fsp3) is 0.263. The first kappa shape index (κ1) is 18.8. The van der Waals surface area contributed by atoms with Gasteiger partial charge in [0.15, 0.2) is 13.2 Å². The van der Waals surface area contributed by atoms with E-state index in [1.54, 1.807) is 18.2 Å². The Kier molecular flexibility index (Phi) is 6.42. The predicted octanol–water partition coefficient (Wildman–Crippen LogP) is 3.83. The third kappa shape index (κ3) is 5.80. The molecule has 0 aliphatic rings. The van der Waals surface area contributed by atoms with Gasteiger partial charge in [0, 0.05) is 5.69 Å². The Balaban J connectivity index is 1.78. The monoisotopic (exact) mass is 361 g/mol. The molecule has 0 aliphatic heterocycles. The summed E-state index contributed by atoms with van der Waals surface area (Å²) in [6.45, 7) is 5.14. The van der Waals surface area contributed by atoms with Crippen LogP contribution in [0.15, 0.2) is 36.4 Å². The number of nitrogens with one attached hydrogen (secondary N) is 1. The minimum atomic E-state index is -0.646. The van der Waals surface area contributed by atoms with E-state index in [9.17, 15) is 9.59 Å². The lowest BCUT2D eigenvalue weighted by atomic mass is 10.1. The van der Waals surface area contributed by atoms with E-state index in [-0.39, 0.29) is 13.2 Å². The number of aryl methyl sites for hydroxylation is 3. The van der Waals surface area contributed by atoms with Crippen molar-refractivity contribution in [2.45, 2.75) is 20.8 Å². The molecule has 5 nitrogen and oxygen atoms in total. The van der Waals surface area contributed by atoms with Crippen LogP contribution in [-0.4, -0.2) is 25.1 Å². The highest BCUT2D eigenvalue weighted by molar-refractivity contribution is 6.32. The molecule has 0 aliphatic carbocycles. The number of carbonyl (C=O) groups excluding carboxylic acids is 2. The van der Waals surface area contributed by atoms with E-state index in [1.165, 1.54) is 0 Å². The van der Waals surface area contributed by atoms with E-state index >= 15 is 0 Å². The maximum atomic E-state index is 11.8. The van der Waals surface area contributed by atoms with Gasteiger partial charge in [-0.05, 0) is 61.7 Å². The van der Waals surface area contributed by atoms with Crippen molar-refractivity contribution >= 4 is 29.2 Å². The van der Waals surface area contributed by atoms with Crippen LogP contribution in [0, 0.1) is 20.8 Å². The third-order valence-electron chi connectivity index (χ3n) is 3.59. The summed E-state index contributed by atoms with van der Waals surface area (Å²) in [5.41, 5.74) is 3.82. The maximum absolute atomic E-state index is 11.8. The average molecular weight is 362 g/mol. The summed E-state index contributed by atoms with van der Waals surface area (Å²) in [7, 11) is 0. The number of halogens is 1. The molecule has 2 rings (SSSR count). The highest BCUT2D eigenvalue weighted by Gasteiger charge is 2.10. The molecule has 0 aromatic heterocycles. The van der Waals surface area contributed by atoms with E-state index in [0.29, 0.717) is 16.5 Å². The molecular formula is C19H20ClNO4. The maximum Gasteiger partial charge on any atom is 0.344 e. The fourth-order valence-corrected chi connectivity index (χ4v) is 2.23. The van der Waals surface area contributed by atoms with Gasteiger partial charge in [-0.3, -0.25) is 4.79 Å². The van der Waals surface area contributed by atoms with E-state index in [0.717, 1.165) is 16.7 Å². The molecule has 1 N–H and O–H groups in total. The number of hydrogen-bond acceptors (Lipinski definition) is 4. The summed E-state index contributed by atoms with van der Waals surface area (Å²) < 4.78 is 10.2. The van der Waals surface area contributed by atoms with Gasteiger partial charge in [-0.25, -0.2) is 4.79 Å². The number of anilines is 1. The summed E-state index contributed by atoms with van der Waals surface area (Å²) in [5.74, 6) is -0.656. The molecule has 0 fully saturated rings. The number of carbonyl (C=O) groups is 2. The van der Waals surface area contributed by atoms with Gasteiger partial charge in [0.2, 0.25) is 0 Å². The molecule has 25 heavy (non-hydrogen) atoms. The third-order valence-corrected chi connectivity index (χ3v) is 3.90. The van der Waals surface area contributed by atoms with Gasteiger partial charge in [-0.1, -0.05) is 23.7 Å². The van der Waals surface area contributed by atoms with Crippen LogP contribution in [0.2, 0.25) is 5.02 Å². The summed E-state index contributed by atoms with van der Waals surface area (Å²) in [4.78, 5) is 23.5. The Hall–Kier alpha value is -2.53. The van der Waals surface area contributed by atoms with Crippen molar-refractivity contribution in [3.63, 3.8) is 0 Å². The molecule has 2 aromatic rings. The zero-order valence-corrected chi connectivity index (χ0v) is 15.1. The van der Waals surface area contributed by atoms with Crippen LogP contribution in [0.3, 0.4) is 0 Å². The van der Waals surface area contributed by atoms with Gasteiger partial charge in [0.1, 0.15) is 5.75 Å². The van der Waals surface area contributed by atoms with E-state index in [1.807, 2.05) is 39.0 Å². The van der Waals surface area contributed by atoms with Crippen LogP contribution in [0.5, 0.6) is 5.75 Å². The molecule has 0 spiro atoms. The number of esters is 1. The van der Waals surface area contributed by atoms with Crippen molar-refractivity contribution < 1.29 is 19.1 Å². The van der Waals surface area contributed by atoms with Gasteiger partial charge in [0.05, 0.1) is 5.02 Å². The van der Waals surface area contributed by atoms with Gasteiger partial charge in [-0.2, -0.15) is 0 Å². The quantitative estimate of drug-likeness (QED) is 0.794. The first-order chi connectivity index (χ1) is 11.8. The molecule has 6 heteroatoms. The standard InChI is InChI=1S/C19H20ClNO4/c1-12-4-7-16(20)17(8-12)24-11-19(23)25-10-18(22)21-15-6-5-13(2)14(3)9-15/h4-9H,10-11H2,1-3H3,(H,21,22). The molecule has 0 saturated heterocycles. The summed E-state index contributed by atoms with van der Waals surface area (Å²) in [6.07, 6.45) is 0. The highest BCUT2D eigenvalue weighted by Crippen LogP contribution is 2.25. The molecule has 1 amide bonds. The highest BCUT2D eigenvalue weighted by atomic mass is 35.5. The van der Waals surface area contributed by atoms with Gasteiger partial charge in [0.25, 0.3) is 5.91 Å². The van der Waals surface area contributed by atoms with Crippen molar-refractivity contribution in [3.8, 4) is 5.75 Å². The summed E-state index contributed by atoms with van der Waals surface area (Å²) >= 11 is 5.98. The molecule has 0 bridgehead atoms. The van der Waals surface area contributed by atoms with Crippen LogP contribution in [0.25, 0.3) is 0 Å². The lowest BCUT2D eigenvalue weighted by Crippen LogP contribution is -2.23. The van der Waals surface area contributed by atoms with Crippen molar-refractivity contribution in [1.82, 2.24) is 0 Å². The Labute approximate surface area is 151 Å². The molecule has 132 valence electrons. The second-order valence-corrected chi connectivity index (χ2v) is 6.14. The predicted molar refractivity (Wildman–Crippen MR) is 97.2 cm³/mol. The van der Waals surface area contributed by atoms with Crippen molar-refractivity contribution in [2.75, 3.05) is 18.5 Å². The molecule has 0 unspecified atom stereocenters. The molecule has 2 aromatic carbocycles. The minimum Gasteiger partial charge on any atom is -0.480 e. The van der Waals surface area contributed by atoms with Crippen molar-refractivity contribution in [3.05, 3.63) is 58.1 Å². The second kappa shape index (κ2) is 8.53.